The molecule has 0 rings (SSSR count). The predicted molar refractivity (Wildman–Crippen MR) is 26.6 cm³/mol. The normalized spacial score (nSPS) is 12.9. The Labute approximate surface area is 47.4 Å². The van der Waals surface area contributed by atoms with Crippen LogP contribution < -0.4 is 5.48 Å². The van der Waals surface area contributed by atoms with Gasteiger partial charge in [-0.05, 0) is 6.92 Å². The Morgan fingerprint density at radius 3 is 2.50 bits per heavy atom. The molecule has 0 aliphatic rings. The zero-order valence-corrected chi connectivity index (χ0v) is 4.84. The largest absolute Gasteiger partial charge is 0.376 e. The first kappa shape index (κ1) is 7.39. The summed E-state index contributed by atoms with van der Waals surface area (Å²) >= 11 is 0. The van der Waals surface area contributed by atoms with Crippen molar-refractivity contribution in [2.45, 2.75) is 20.1 Å². The van der Waals surface area contributed by atoms with Crippen molar-refractivity contribution >= 4 is 5.97 Å². The van der Waals surface area contributed by atoms with Crippen molar-refractivity contribution in [3.8, 4) is 0 Å². The van der Waals surface area contributed by atoms with Gasteiger partial charge in [-0.2, -0.15) is 0 Å². The molecule has 4 nitrogen and oxygen atoms in total. The summed E-state index contributed by atoms with van der Waals surface area (Å²) in [6.45, 7) is 2.69. The van der Waals surface area contributed by atoms with E-state index in [0.29, 0.717) is 0 Å². The molecule has 0 radical (unpaired) electrons. The molecule has 8 heavy (non-hydrogen) atoms. The zero-order valence-electron chi connectivity index (χ0n) is 4.84. The second kappa shape index (κ2) is 3.40. The number of hydrogen-bond acceptors (Lipinski definition) is 4. The molecular weight excluding hydrogens is 110 g/mol. The molecule has 1 unspecified atom stereocenters. The maximum Gasteiger partial charge on any atom is 0.321 e. The molecule has 4 heteroatoms. The van der Waals surface area contributed by atoms with E-state index in [1.807, 2.05) is 0 Å². The second-order valence-corrected chi connectivity index (χ2v) is 1.39. The van der Waals surface area contributed by atoms with Gasteiger partial charge in [0.25, 0.3) is 0 Å². The molecule has 0 bridgehead atoms. The Balaban J connectivity index is 3.05. The monoisotopic (exact) mass is 119 g/mol. The quantitative estimate of drug-likeness (QED) is 0.376. The van der Waals surface area contributed by atoms with Crippen LogP contribution in [-0.4, -0.2) is 17.3 Å². The van der Waals surface area contributed by atoms with E-state index in [1.165, 1.54) is 13.8 Å². The highest BCUT2D eigenvalue weighted by molar-refractivity contribution is 5.65. The number of hydroxylamine groups is 1. The van der Waals surface area contributed by atoms with Crippen molar-refractivity contribution in [1.29, 1.82) is 0 Å². The van der Waals surface area contributed by atoms with E-state index < -0.39 is 12.2 Å². The highest BCUT2D eigenvalue weighted by Crippen LogP contribution is 1.72. The van der Waals surface area contributed by atoms with Crippen molar-refractivity contribution in [1.82, 2.24) is 5.48 Å². The minimum atomic E-state index is -0.807. The first-order chi connectivity index (χ1) is 3.63. The van der Waals surface area contributed by atoms with Crippen LogP contribution in [0.4, 0.5) is 0 Å². The molecule has 0 saturated carbocycles. The molecule has 0 amide bonds. The Hall–Kier alpha value is -0.610. The molecule has 0 aliphatic heterocycles. The predicted octanol–water partition coefficient (Wildman–Crippen LogP) is -0.608. The van der Waals surface area contributed by atoms with Gasteiger partial charge in [-0.3, -0.25) is 4.79 Å². The van der Waals surface area contributed by atoms with E-state index in [-0.39, 0.29) is 0 Å². The Bertz CT molecular complexity index is 81.4. The Morgan fingerprint density at radius 1 is 1.88 bits per heavy atom. The lowest BCUT2D eigenvalue weighted by molar-refractivity contribution is -0.155. The lowest BCUT2D eigenvalue weighted by Gasteiger charge is -2.03. The first-order valence-corrected chi connectivity index (χ1v) is 2.24. The third-order valence-corrected chi connectivity index (χ3v) is 0.373. The van der Waals surface area contributed by atoms with Gasteiger partial charge in [-0.15, -0.1) is 5.48 Å². The smallest absolute Gasteiger partial charge is 0.321 e. The van der Waals surface area contributed by atoms with Crippen LogP contribution in [0.3, 0.4) is 0 Å². The SMILES string of the molecule is CC(=O)ONC(C)O. The fraction of sp³-hybridized carbons (Fsp3) is 0.750. The second-order valence-electron chi connectivity index (χ2n) is 1.39. The van der Waals surface area contributed by atoms with Gasteiger partial charge in [0.05, 0.1) is 0 Å². The molecule has 0 aromatic heterocycles. The molecule has 0 aliphatic carbocycles. The minimum absolute atomic E-state index is 0.467. The zero-order chi connectivity index (χ0) is 6.57. The summed E-state index contributed by atoms with van der Waals surface area (Å²) in [6, 6.07) is 0. The van der Waals surface area contributed by atoms with Crippen LogP contribution in [0.2, 0.25) is 0 Å². The maximum atomic E-state index is 9.95. The first-order valence-electron chi connectivity index (χ1n) is 2.24. The van der Waals surface area contributed by atoms with Crippen molar-refractivity contribution in [3.63, 3.8) is 0 Å². The van der Waals surface area contributed by atoms with Crippen LogP contribution in [0.15, 0.2) is 0 Å². The fourth-order valence-electron chi connectivity index (χ4n) is 0.168. The molecule has 0 aromatic rings. The van der Waals surface area contributed by atoms with E-state index >= 15 is 0 Å². The van der Waals surface area contributed by atoms with Crippen molar-refractivity contribution in [2.24, 2.45) is 0 Å². The number of aliphatic hydroxyl groups is 1. The molecule has 0 saturated heterocycles. The van der Waals surface area contributed by atoms with Gasteiger partial charge >= 0.3 is 5.97 Å². The highest BCUT2D eigenvalue weighted by Gasteiger charge is 1.94. The van der Waals surface area contributed by atoms with Gasteiger partial charge in [-0.25, -0.2) is 0 Å². The summed E-state index contributed by atoms with van der Waals surface area (Å²) in [5.41, 5.74) is 2.05. The van der Waals surface area contributed by atoms with Gasteiger partial charge in [0.15, 0.2) is 0 Å². The van der Waals surface area contributed by atoms with Gasteiger partial charge in [0, 0.05) is 6.92 Å². The summed E-state index contributed by atoms with van der Waals surface area (Å²) in [6.07, 6.45) is -0.807. The van der Waals surface area contributed by atoms with Crippen LogP contribution in [0.5, 0.6) is 0 Å². The number of aliphatic hydroxyl groups excluding tert-OH is 1. The molecular formula is C4H9NO3. The lowest BCUT2D eigenvalue weighted by Crippen LogP contribution is -2.27. The number of rotatable bonds is 2. The molecule has 2 N–H and O–H groups in total. The van der Waals surface area contributed by atoms with Crippen LogP contribution in [0.1, 0.15) is 13.8 Å². The number of carbonyl (C=O) groups excluding carboxylic acids is 1. The van der Waals surface area contributed by atoms with Gasteiger partial charge in [-0.1, -0.05) is 0 Å². The van der Waals surface area contributed by atoms with Crippen LogP contribution in [0, 0.1) is 0 Å². The summed E-state index contributed by atoms with van der Waals surface area (Å²) < 4.78 is 0. The number of carbonyl (C=O) groups is 1. The highest BCUT2D eigenvalue weighted by atomic mass is 16.7. The van der Waals surface area contributed by atoms with E-state index in [2.05, 4.69) is 10.3 Å². The van der Waals surface area contributed by atoms with Crippen LogP contribution in [-0.2, 0) is 9.63 Å². The standard InChI is InChI=1S/C4H9NO3/c1-3(6)5-8-4(2)7/h3,5-6H,1-2H3. The van der Waals surface area contributed by atoms with Crippen LogP contribution in [0.25, 0.3) is 0 Å². The van der Waals surface area contributed by atoms with E-state index in [0.717, 1.165) is 0 Å². The van der Waals surface area contributed by atoms with Crippen molar-refractivity contribution in [2.75, 3.05) is 0 Å². The maximum absolute atomic E-state index is 9.95. The van der Waals surface area contributed by atoms with Gasteiger partial charge in [0.2, 0.25) is 0 Å². The summed E-state index contributed by atoms with van der Waals surface area (Å²) in [5, 5.41) is 8.41. The topological polar surface area (TPSA) is 58.6 Å². The molecule has 48 valence electrons. The summed E-state index contributed by atoms with van der Waals surface area (Å²) in [4.78, 5) is 14.1. The molecule has 0 fully saturated rings. The molecule has 0 heterocycles. The third kappa shape index (κ3) is 5.39. The average molecular weight is 119 g/mol. The minimum Gasteiger partial charge on any atom is -0.376 e. The van der Waals surface area contributed by atoms with Crippen LogP contribution >= 0.6 is 0 Å². The number of nitrogens with one attached hydrogen (secondary N) is 1. The Kier molecular flexibility index (Phi) is 3.14. The van der Waals surface area contributed by atoms with E-state index in [1.54, 1.807) is 0 Å². The summed E-state index contributed by atoms with van der Waals surface area (Å²) in [7, 11) is 0. The van der Waals surface area contributed by atoms with Gasteiger partial charge < -0.3 is 9.94 Å². The summed E-state index contributed by atoms with van der Waals surface area (Å²) in [5.74, 6) is -0.467. The molecule has 1 atom stereocenters. The van der Waals surface area contributed by atoms with E-state index in [4.69, 9.17) is 5.11 Å². The van der Waals surface area contributed by atoms with Gasteiger partial charge in [0.1, 0.15) is 6.23 Å². The fourth-order valence-corrected chi connectivity index (χ4v) is 0.168. The third-order valence-electron chi connectivity index (χ3n) is 0.373. The average Bonchev–Trinajstić information content (AvgIpc) is 1.61. The van der Waals surface area contributed by atoms with Crippen molar-refractivity contribution < 1.29 is 14.7 Å². The molecule has 0 spiro atoms. The van der Waals surface area contributed by atoms with Crippen molar-refractivity contribution in [3.05, 3.63) is 0 Å². The number of hydrogen-bond donors (Lipinski definition) is 2. The van der Waals surface area contributed by atoms with E-state index in [9.17, 15) is 4.79 Å². The lowest BCUT2D eigenvalue weighted by atomic mass is 10.7. The molecule has 0 aromatic carbocycles. The Morgan fingerprint density at radius 2 is 2.38 bits per heavy atom.